The van der Waals surface area contributed by atoms with Crippen LogP contribution in [0.4, 0.5) is 5.69 Å². The van der Waals surface area contributed by atoms with Crippen LogP contribution >= 0.6 is 23.2 Å². The van der Waals surface area contributed by atoms with Gasteiger partial charge in [-0.2, -0.15) is 0 Å². The molecule has 2 heterocycles. The zero-order valence-corrected chi connectivity index (χ0v) is 11.4. The number of piperidine rings is 1. The summed E-state index contributed by atoms with van der Waals surface area (Å²) in [6, 6.07) is -0.221. The van der Waals surface area contributed by atoms with Crippen LogP contribution in [-0.2, 0) is 4.79 Å². The third-order valence-corrected chi connectivity index (χ3v) is 3.56. The van der Waals surface area contributed by atoms with Crippen LogP contribution in [-0.4, -0.2) is 28.5 Å². The van der Waals surface area contributed by atoms with E-state index < -0.39 is 0 Å². The molecule has 2 unspecified atom stereocenters. The van der Waals surface area contributed by atoms with Crippen LogP contribution in [0.15, 0.2) is 6.33 Å². The molecule has 0 spiro atoms. The lowest BCUT2D eigenvalue weighted by Gasteiger charge is -2.27. The highest BCUT2D eigenvalue weighted by Crippen LogP contribution is 2.26. The normalized spacial score (nSPS) is 23.7. The number of anilines is 1. The van der Waals surface area contributed by atoms with Crippen LogP contribution in [0, 0.1) is 5.92 Å². The van der Waals surface area contributed by atoms with E-state index in [1.807, 2.05) is 0 Å². The Hall–Kier alpha value is -0.910. The maximum absolute atomic E-state index is 12.1. The Kier molecular flexibility index (Phi) is 4.37. The predicted molar refractivity (Wildman–Crippen MR) is 70.9 cm³/mol. The summed E-state index contributed by atoms with van der Waals surface area (Å²) in [5.41, 5.74) is 0.269. The van der Waals surface area contributed by atoms with Crippen molar-refractivity contribution >= 4 is 34.8 Å². The van der Waals surface area contributed by atoms with Crippen LogP contribution < -0.4 is 10.6 Å². The Morgan fingerprint density at radius 1 is 1.44 bits per heavy atom. The Morgan fingerprint density at radius 2 is 2.11 bits per heavy atom. The Morgan fingerprint density at radius 3 is 2.72 bits per heavy atom. The van der Waals surface area contributed by atoms with Crippen LogP contribution in [0.1, 0.15) is 19.8 Å². The van der Waals surface area contributed by atoms with Crippen molar-refractivity contribution in [3.8, 4) is 0 Å². The smallest absolute Gasteiger partial charge is 0.241 e. The van der Waals surface area contributed by atoms with E-state index in [4.69, 9.17) is 23.2 Å². The Bertz CT molecular complexity index is 434. The molecule has 1 fully saturated rings. The van der Waals surface area contributed by atoms with Crippen LogP contribution in [0.5, 0.6) is 0 Å². The maximum atomic E-state index is 12.1. The number of nitrogens with zero attached hydrogens (tertiary/aromatic N) is 2. The lowest BCUT2D eigenvalue weighted by molar-refractivity contribution is -0.119. The average Bonchev–Trinajstić information content (AvgIpc) is 2.34. The molecule has 0 aromatic carbocycles. The minimum Gasteiger partial charge on any atom is -0.320 e. The number of hydrogen-bond acceptors (Lipinski definition) is 4. The van der Waals surface area contributed by atoms with E-state index in [1.54, 1.807) is 0 Å². The third-order valence-electron chi connectivity index (χ3n) is 2.99. The molecular formula is C11H14Cl2N4O. The Balaban J connectivity index is 2.07. The van der Waals surface area contributed by atoms with Crippen molar-refractivity contribution in [1.82, 2.24) is 15.3 Å². The predicted octanol–water partition coefficient (Wildman–Crippen LogP) is 2.11. The molecule has 0 bridgehead atoms. The molecule has 18 heavy (non-hydrogen) atoms. The topological polar surface area (TPSA) is 66.9 Å². The van der Waals surface area contributed by atoms with Crippen molar-refractivity contribution in [2.24, 2.45) is 5.92 Å². The van der Waals surface area contributed by atoms with E-state index in [9.17, 15) is 4.79 Å². The molecule has 5 nitrogen and oxygen atoms in total. The molecule has 1 aromatic rings. The Labute approximate surface area is 115 Å². The highest BCUT2D eigenvalue weighted by molar-refractivity contribution is 6.38. The molecule has 7 heteroatoms. The van der Waals surface area contributed by atoms with Crippen molar-refractivity contribution in [1.29, 1.82) is 0 Å². The number of aromatic nitrogens is 2. The average molecular weight is 289 g/mol. The molecule has 1 aliphatic heterocycles. The van der Waals surface area contributed by atoms with Crippen LogP contribution in [0.2, 0.25) is 10.3 Å². The molecule has 1 amide bonds. The standard InChI is InChI=1S/C11H14Cl2N4O/c1-6-2-3-14-7(4-6)11(18)17-8-9(12)15-5-16-10(8)13/h5-7,14H,2-4H2,1H3,(H,17,18). The molecular weight excluding hydrogens is 275 g/mol. The van der Waals surface area contributed by atoms with Crippen molar-refractivity contribution in [2.75, 3.05) is 11.9 Å². The van der Waals surface area contributed by atoms with Gasteiger partial charge in [-0.05, 0) is 25.3 Å². The molecule has 0 aliphatic carbocycles. The molecule has 1 aliphatic rings. The fourth-order valence-corrected chi connectivity index (χ4v) is 2.37. The van der Waals surface area contributed by atoms with Gasteiger partial charge in [-0.25, -0.2) is 9.97 Å². The first-order chi connectivity index (χ1) is 8.58. The number of carbonyl (C=O) groups excluding carboxylic acids is 1. The molecule has 2 rings (SSSR count). The molecule has 1 saturated heterocycles. The van der Waals surface area contributed by atoms with E-state index >= 15 is 0 Å². The first kappa shape index (κ1) is 13.5. The van der Waals surface area contributed by atoms with E-state index in [0.29, 0.717) is 5.92 Å². The third kappa shape index (κ3) is 3.10. The molecule has 1 aromatic heterocycles. The van der Waals surface area contributed by atoms with Gasteiger partial charge in [0.25, 0.3) is 0 Å². The summed E-state index contributed by atoms with van der Waals surface area (Å²) in [6.07, 6.45) is 3.13. The van der Waals surface area contributed by atoms with Gasteiger partial charge in [0.15, 0.2) is 10.3 Å². The summed E-state index contributed by atoms with van der Waals surface area (Å²) < 4.78 is 0. The number of amides is 1. The maximum Gasteiger partial charge on any atom is 0.241 e. The van der Waals surface area contributed by atoms with E-state index in [1.165, 1.54) is 6.33 Å². The highest BCUT2D eigenvalue weighted by Gasteiger charge is 2.25. The largest absolute Gasteiger partial charge is 0.320 e. The summed E-state index contributed by atoms with van der Waals surface area (Å²) in [6.45, 7) is 2.97. The molecule has 0 saturated carbocycles. The zero-order chi connectivity index (χ0) is 13.1. The minimum absolute atomic E-state index is 0.146. The monoisotopic (exact) mass is 288 g/mol. The number of rotatable bonds is 2. The van der Waals surface area contributed by atoms with E-state index in [0.717, 1.165) is 19.4 Å². The van der Waals surface area contributed by atoms with E-state index in [2.05, 4.69) is 27.5 Å². The molecule has 2 atom stereocenters. The number of hydrogen-bond donors (Lipinski definition) is 2. The second-order valence-electron chi connectivity index (χ2n) is 4.46. The quantitative estimate of drug-likeness (QED) is 0.818. The van der Waals surface area contributed by atoms with Gasteiger partial charge in [-0.1, -0.05) is 30.1 Å². The molecule has 2 N–H and O–H groups in total. The summed E-state index contributed by atoms with van der Waals surface area (Å²) in [5.74, 6) is 0.375. The van der Waals surface area contributed by atoms with Crippen LogP contribution in [0.25, 0.3) is 0 Å². The lowest BCUT2D eigenvalue weighted by Crippen LogP contribution is -2.45. The van der Waals surface area contributed by atoms with Gasteiger partial charge < -0.3 is 10.6 Å². The second kappa shape index (κ2) is 5.82. The van der Waals surface area contributed by atoms with Crippen molar-refractivity contribution < 1.29 is 4.79 Å². The van der Waals surface area contributed by atoms with Crippen LogP contribution in [0.3, 0.4) is 0 Å². The first-order valence-electron chi connectivity index (χ1n) is 5.78. The van der Waals surface area contributed by atoms with Gasteiger partial charge >= 0.3 is 0 Å². The summed E-state index contributed by atoms with van der Waals surface area (Å²) in [5, 5.41) is 6.14. The number of carbonyl (C=O) groups is 1. The molecule has 98 valence electrons. The van der Waals surface area contributed by atoms with Crippen molar-refractivity contribution in [3.05, 3.63) is 16.6 Å². The van der Waals surface area contributed by atoms with Gasteiger partial charge in [0, 0.05) is 0 Å². The van der Waals surface area contributed by atoms with Gasteiger partial charge in [0.1, 0.15) is 12.0 Å². The minimum atomic E-state index is -0.221. The number of halogens is 2. The van der Waals surface area contributed by atoms with E-state index in [-0.39, 0.29) is 27.9 Å². The fourth-order valence-electron chi connectivity index (χ4n) is 1.97. The highest BCUT2D eigenvalue weighted by atomic mass is 35.5. The summed E-state index contributed by atoms with van der Waals surface area (Å²) in [7, 11) is 0. The van der Waals surface area contributed by atoms with Gasteiger partial charge in [0.05, 0.1) is 6.04 Å². The number of nitrogens with one attached hydrogen (secondary N) is 2. The van der Waals surface area contributed by atoms with Gasteiger partial charge in [-0.3, -0.25) is 4.79 Å². The van der Waals surface area contributed by atoms with Gasteiger partial charge in [0.2, 0.25) is 5.91 Å². The van der Waals surface area contributed by atoms with Crippen molar-refractivity contribution in [2.45, 2.75) is 25.8 Å². The van der Waals surface area contributed by atoms with Gasteiger partial charge in [-0.15, -0.1) is 0 Å². The summed E-state index contributed by atoms with van der Waals surface area (Å²) >= 11 is 11.7. The first-order valence-corrected chi connectivity index (χ1v) is 6.53. The fraction of sp³-hybridized carbons (Fsp3) is 0.545. The lowest BCUT2D eigenvalue weighted by atomic mass is 9.94. The zero-order valence-electron chi connectivity index (χ0n) is 9.91. The SMILES string of the molecule is CC1CCNC(C(=O)Nc2c(Cl)ncnc2Cl)C1. The molecule has 0 radical (unpaired) electrons. The second-order valence-corrected chi connectivity index (χ2v) is 5.17. The van der Waals surface area contributed by atoms with Crippen molar-refractivity contribution in [3.63, 3.8) is 0 Å². The summed E-state index contributed by atoms with van der Waals surface area (Å²) in [4.78, 5) is 19.6.